The van der Waals surface area contributed by atoms with Crippen LogP contribution in [0.15, 0.2) is 17.3 Å². The molecular weight excluding hydrogens is 136 g/mol. The summed E-state index contributed by atoms with van der Waals surface area (Å²) in [5, 5.41) is 3.01. The molecule has 0 spiro atoms. The fourth-order valence-electron chi connectivity index (χ4n) is 0.925. The van der Waals surface area contributed by atoms with Crippen molar-refractivity contribution < 1.29 is 0 Å². The second-order valence-electron chi connectivity index (χ2n) is 2.74. The minimum atomic E-state index is 0.454. The SMILES string of the molecule is C=C(NC)C(=NCC)C(C)C. The number of nitrogens with zero attached hydrogens (tertiary/aromatic N) is 1. The maximum absolute atomic E-state index is 4.35. The molecule has 0 atom stereocenters. The third-order valence-electron chi connectivity index (χ3n) is 1.49. The molecule has 0 saturated heterocycles. The van der Waals surface area contributed by atoms with Crippen molar-refractivity contribution in [2.75, 3.05) is 13.6 Å². The Balaban J connectivity index is 4.34. The van der Waals surface area contributed by atoms with Crippen LogP contribution in [0.3, 0.4) is 0 Å². The second kappa shape index (κ2) is 4.94. The van der Waals surface area contributed by atoms with Crippen molar-refractivity contribution in [1.29, 1.82) is 0 Å². The molecule has 0 bridgehead atoms. The Kier molecular flexibility index (Phi) is 4.59. The zero-order valence-electron chi connectivity index (χ0n) is 7.94. The van der Waals surface area contributed by atoms with Crippen molar-refractivity contribution in [2.45, 2.75) is 20.8 Å². The summed E-state index contributed by atoms with van der Waals surface area (Å²) in [6, 6.07) is 0. The summed E-state index contributed by atoms with van der Waals surface area (Å²) < 4.78 is 0. The minimum absolute atomic E-state index is 0.454. The number of aliphatic imine (C=N–C) groups is 1. The molecule has 1 N–H and O–H groups in total. The van der Waals surface area contributed by atoms with Gasteiger partial charge < -0.3 is 5.32 Å². The van der Waals surface area contributed by atoms with E-state index in [1.807, 2.05) is 14.0 Å². The summed E-state index contributed by atoms with van der Waals surface area (Å²) in [6.45, 7) is 11.0. The lowest BCUT2D eigenvalue weighted by Crippen LogP contribution is -2.20. The van der Waals surface area contributed by atoms with Gasteiger partial charge in [0.1, 0.15) is 0 Å². The Hall–Kier alpha value is -0.790. The monoisotopic (exact) mass is 154 g/mol. The number of hydrogen-bond donors (Lipinski definition) is 1. The first-order valence-corrected chi connectivity index (χ1v) is 4.04. The van der Waals surface area contributed by atoms with Gasteiger partial charge in [-0.2, -0.15) is 0 Å². The molecular formula is C9H18N2. The molecule has 0 heterocycles. The van der Waals surface area contributed by atoms with Crippen LogP contribution in [0.5, 0.6) is 0 Å². The lowest BCUT2D eigenvalue weighted by molar-refractivity contribution is 0.853. The Bertz CT molecular complexity index is 157. The van der Waals surface area contributed by atoms with Gasteiger partial charge in [0.2, 0.25) is 0 Å². The van der Waals surface area contributed by atoms with Gasteiger partial charge in [-0.15, -0.1) is 0 Å². The van der Waals surface area contributed by atoms with Gasteiger partial charge in [-0.25, -0.2) is 0 Å². The van der Waals surface area contributed by atoms with E-state index in [1.54, 1.807) is 0 Å². The van der Waals surface area contributed by atoms with Gasteiger partial charge in [0.05, 0.1) is 5.71 Å². The van der Waals surface area contributed by atoms with E-state index in [4.69, 9.17) is 0 Å². The van der Waals surface area contributed by atoms with Gasteiger partial charge in [-0.3, -0.25) is 4.99 Å². The molecule has 11 heavy (non-hydrogen) atoms. The maximum atomic E-state index is 4.35. The molecule has 0 amide bonds. The Morgan fingerprint density at radius 3 is 2.36 bits per heavy atom. The van der Waals surface area contributed by atoms with Crippen LogP contribution in [0.4, 0.5) is 0 Å². The average molecular weight is 154 g/mol. The number of hydrogen-bond acceptors (Lipinski definition) is 2. The zero-order valence-corrected chi connectivity index (χ0v) is 7.94. The molecule has 0 radical (unpaired) electrons. The van der Waals surface area contributed by atoms with Crippen LogP contribution in [0, 0.1) is 5.92 Å². The van der Waals surface area contributed by atoms with Crippen LogP contribution in [-0.2, 0) is 0 Å². The lowest BCUT2D eigenvalue weighted by atomic mass is 10.1. The third kappa shape index (κ3) is 3.21. The van der Waals surface area contributed by atoms with E-state index < -0.39 is 0 Å². The molecule has 0 aliphatic carbocycles. The van der Waals surface area contributed by atoms with E-state index in [1.165, 1.54) is 0 Å². The highest BCUT2D eigenvalue weighted by Crippen LogP contribution is 2.03. The second-order valence-corrected chi connectivity index (χ2v) is 2.74. The Morgan fingerprint density at radius 1 is 1.55 bits per heavy atom. The molecule has 0 rings (SSSR count). The fraction of sp³-hybridized carbons (Fsp3) is 0.667. The molecule has 0 unspecified atom stereocenters. The molecule has 0 aromatic rings. The summed E-state index contributed by atoms with van der Waals surface area (Å²) in [5.41, 5.74) is 2.01. The molecule has 2 heteroatoms. The average Bonchev–Trinajstić information content (AvgIpc) is 1.98. The van der Waals surface area contributed by atoms with Gasteiger partial charge >= 0.3 is 0 Å². The third-order valence-corrected chi connectivity index (χ3v) is 1.49. The smallest absolute Gasteiger partial charge is 0.0598 e. The van der Waals surface area contributed by atoms with E-state index in [2.05, 4.69) is 30.7 Å². The minimum Gasteiger partial charge on any atom is -0.387 e. The highest BCUT2D eigenvalue weighted by molar-refractivity contribution is 6.00. The summed E-state index contributed by atoms with van der Waals surface area (Å²) in [6.07, 6.45) is 0. The predicted octanol–water partition coefficient (Wildman–Crippen LogP) is 1.84. The molecule has 0 aliphatic heterocycles. The molecule has 0 aliphatic rings. The number of nitrogens with one attached hydrogen (secondary N) is 1. The molecule has 0 saturated carbocycles. The van der Waals surface area contributed by atoms with Gasteiger partial charge in [-0.1, -0.05) is 20.4 Å². The molecule has 0 fully saturated rings. The van der Waals surface area contributed by atoms with Gasteiger partial charge in [0.15, 0.2) is 0 Å². The van der Waals surface area contributed by atoms with Crippen molar-refractivity contribution in [2.24, 2.45) is 10.9 Å². The van der Waals surface area contributed by atoms with Crippen molar-refractivity contribution >= 4 is 5.71 Å². The first kappa shape index (κ1) is 10.2. The molecule has 0 aromatic carbocycles. The van der Waals surface area contributed by atoms with Crippen molar-refractivity contribution in [3.05, 3.63) is 12.3 Å². The number of allylic oxidation sites excluding steroid dienone is 1. The van der Waals surface area contributed by atoms with Crippen LogP contribution in [0.25, 0.3) is 0 Å². The standard InChI is InChI=1S/C9H18N2/c1-6-11-9(7(2)3)8(4)10-5/h7,10H,4,6H2,1-3,5H3. The molecule has 64 valence electrons. The zero-order chi connectivity index (χ0) is 8.85. The first-order chi connectivity index (χ1) is 5.13. The summed E-state index contributed by atoms with van der Waals surface area (Å²) in [4.78, 5) is 4.35. The first-order valence-electron chi connectivity index (χ1n) is 4.04. The Morgan fingerprint density at radius 2 is 2.09 bits per heavy atom. The lowest BCUT2D eigenvalue weighted by Gasteiger charge is -2.11. The van der Waals surface area contributed by atoms with Crippen molar-refractivity contribution in [3.63, 3.8) is 0 Å². The summed E-state index contributed by atoms with van der Waals surface area (Å²) in [5.74, 6) is 0.454. The van der Waals surface area contributed by atoms with E-state index in [9.17, 15) is 0 Å². The highest BCUT2D eigenvalue weighted by atomic mass is 14.9. The van der Waals surface area contributed by atoms with Crippen LogP contribution in [-0.4, -0.2) is 19.3 Å². The quantitative estimate of drug-likeness (QED) is 0.614. The maximum Gasteiger partial charge on any atom is 0.0598 e. The summed E-state index contributed by atoms with van der Waals surface area (Å²) >= 11 is 0. The van der Waals surface area contributed by atoms with Gasteiger partial charge in [-0.05, 0) is 12.8 Å². The summed E-state index contributed by atoms with van der Waals surface area (Å²) in [7, 11) is 1.87. The fourth-order valence-corrected chi connectivity index (χ4v) is 0.925. The van der Waals surface area contributed by atoms with Crippen molar-refractivity contribution in [3.8, 4) is 0 Å². The normalized spacial score (nSPS) is 11.9. The van der Waals surface area contributed by atoms with Crippen LogP contribution < -0.4 is 5.32 Å². The largest absolute Gasteiger partial charge is 0.387 e. The van der Waals surface area contributed by atoms with Gasteiger partial charge in [0.25, 0.3) is 0 Å². The van der Waals surface area contributed by atoms with E-state index >= 15 is 0 Å². The Labute approximate surface area is 69.4 Å². The van der Waals surface area contributed by atoms with E-state index in [0.29, 0.717) is 5.92 Å². The van der Waals surface area contributed by atoms with Crippen LogP contribution in [0.2, 0.25) is 0 Å². The number of rotatable bonds is 4. The molecule has 2 nitrogen and oxygen atoms in total. The van der Waals surface area contributed by atoms with E-state index in [0.717, 1.165) is 18.0 Å². The van der Waals surface area contributed by atoms with Crippen LogP contribution >= 0.6 is 0 Å². The van der Waals surface area contributed by atoms with Crippen LogP contribution in [0.1, 0.15) is 20.8 Å². The van der Waals surface area contributed by atoms with Crippen molar-refractivity contribution in [1.82, 2.24) is 5.32 Å². The van der Waals surface area contributed by atoms with Gasteiger partial charge in [0, 0.05) is 19.3 Å². The highest BCUT2D eigenvalue weighted by Gasteiger charge is 2.06. The predicted molar refractivity (Wildman–Crippen MR) is 51.0 cm³/mol. The topological polar surface area (TPSA) is 24.4 Å². The molecule has 0 aromatic heterocycles. The van der Waals surface area contributed by atoms with E-state index in [-0.39, 0.29) is 0 Å².